The van der Waals surface area contributed by atoms with Gasteiger partial charge in [-0.2, -0.15) is 0 Å². The van der Waals surface area contributed by atoms with Gasteiger partial charge in [0.05, 0.1) is 0 Å². The number of rotatable bonds is 44. The van der Waals surface area contributed by atoms with Crippen molar-refractivity contribution in [1.29, 1.82) is 0 Å². The molecule has 0 N–H and O–H groups in total. The van der Waals surface area contributed by atoms with Crippen LogP contribution in [0, 0.1) is 0 Å². The maximum absolute atomic E-state index is 12.7. The van der Waals surface area contributed by atoms with Crippen LogP contribution in [0.2, 0.25) is 0 Å². The molecule has 0 rings (SSSR count). The topological polar surface area (TPSA) is 78.9 Å². The highest BCUT2D eigenvalue weighted by molar-refractivity contribution is 5.71. The molecule has 0 aliphatic heterocycles. The van der Waals surface area contributed by atoms with Crippen LogP contribution in [0.3, 0.4) is 0 Å². The predicted molar refractivity (Wildman–Crippen MR) is 256 cm³/mol. The Morgan fingerprint density at radius 3 is 1.02 bits per heavy atom. The van der Waals surface area contributed by atoms with Crippen LogP contribution >= 0.6 is 0 Å². The second-order valence-electron chi connectivity index (χ2n) is 16.4. The summed E-state index contributed by atoms with van der Waals surface area (Å²) >= 11 is 0. The molecule has 60 heavy (non-hydrogen) atoms. The average molecular weight is 837 g/mol. The summed E-state index contributed by atoms with van der Waals surface area (Å²) in [5.41, 5.74) is 0. The van der Waals surface area contributed by atoms with E-state index in [-0.39, 0.29) is 37.5 Å². The van der Waals surface area contributed by atoms with Gasteiger partial charge in [-0.15, -0.1) is 0 Å². The van der Waals surface area contributed by atoms with Crippen molar-refractivity contribution >= 4 is 17.9 Å². The van der Waals surface area contributed by atoms with Crippen LogP contribution in [0.4, 0.5) is 0 Å². The summed E-state index contributed by atoms with van der Waals surface area (Å²) < 4.78 is 16.7. The highest BCUT2D eigenvalue weighted by atomic mass is 16.6. The Morgan fingerprint density at radius 1 is 0.350 bits per heavy atom. The summed E-state index contributed by atoms with van der Waals surface area (Å²) in [6.07, 6.45) is 60.4. The third-order valence-electron chi connectivity index (χ3n) is 10.5. The molecule has 0 unspecified atom stereocenters. The molecule has 0 radical (unpaired) electrons. The molecule has 0 heterocycles. The molecular formula is C54H92O6. The summed E-state index contributed by atoms with van der Waals surface area (Å²) in [4.78, 5) is 37.8. The molecule has 0 aromatic heterocycles. The summed E-state index contributed by atoms with van der Waals surface area (Å²) in [6.45, 7) is 6.44. The number of carbonyl (C=O) groups is 3. The quantitative estimate of drug-likeness (QED) is 0.0263. The summed E-state index contributed by atoms with van der Waals surface area (Å²) in [5, 5.41) is 0. The van der Waals surface area contributed by atoms with Gasteiger partial charge in [0, 0.05) is 19.3 Å². The van der Waals surface area contributed by atoms with E-state index in [1.54, 1.807) is 0 Å². The molecule has 344 valence electrons. The SMILES string of the molecule is CC/C=C\C/C=C\C/C=C\C/C=C\C/C=C\C/C=C\CCC(=O)OC[C@H](COC(=O)CCCCCCCCCCCCC)OC(=O)CCCCCCCCCCCCCC. The Bertz CT molecular complexity index is 1140. The van der Waals surface area contributed by atoms with Gasteiger partial charge in [-0.25, -0.2) is 0 Å². The smallest absolute Gasteiger partial charge is 0.306 e. The maximum atomic E-state index is 12.7. The fourth-order valence-corrected chi connectivity index (χ4v) is 6.76. The second-order valence-corrected chi connectivity index (χ2v) is 16.4. The molecule has 0 aliphatic carbocycles. The van der Waals surface area contributed by atoms with Crippen LogP contribution in [0.5, 0.6) is 0 Å². The molecule has 1 atom stereocenters. The van der Waals surface area contributed by atoms with Gasteiger partial charge >= 0.3 is 17.9 Å². The highest BCUT2D eigenvalue weighted by Gasteiger charge is 2.19. The number of allylic oxidation sites excluding steroid dienone is 12. The van der Waals surface area contributed by atoms with Gasteiger partial charge in [0.2, 0.25) is 0 Å². The molecule has 6 nitrogen and oxygen atoms in total. The summed E-state index contributed by atoms with van der Waals surface area (Å²) in [5.74, 6) is -0.983. The molecule has 6 heteroatoms. The lowest BCUT2D eigenvalue weighted by Crippen LogP contribution is -2.30. The maximum Gasteiger partial charge on any atom is 0.306 e. The van der Waals surface area contributed by atoms with E-state index >= 15 is 0 Å². The summed E-state index contributed by atoms with van der Waals surface area (Å²) in [7, 11) is 0. The monoisotopic (exact) mass is 837 g/mol. The minimum atomic E-state index is -0.800. The van der Waals surface area contributed by atoms with Crippen molar-refractivity contribution in [3.63, 3.8) is 0 Å². The molecule has 0 bridgehead atoms. The largest absolute Gasteiger partial charge is 0.462 e. The van der Waals surface area contributed by atoms with E-state index in [9.17, 15) is 14.4 Å². The van der Waals surface area contributed by atoms with Crippen molar-refractivity contribution in [3.8, 4) is 0 Å². The Balaban J connectivity index is 4.46. The predicted octanol–water partition coefficient (Wildman–Crippen LogP) is 16.3. The fourth-order valence-electron chi connectivity index (χ4n) is 6.76. The Labute approximate surface area is 370 Å². The zero-order chi connectivity index (χ0) is 43.7. The minimum Gasteiger partial charge on any atom is -0.462 e. The zero-order valence-corrected chi connectivity index (χ0v) is 39.2. The molecular weight excluding hydrogens is 745 g/mol. The van der Waals surface area contributed by atoms with E-state index in [0.29, 0.717) is 19.3 Å². The lowest BCUT2D eigenvalue weighted by molar-refractivity contribution is -0.166. The molecule has 0 spiro atoms. The lowest BCUT2D eigenvalue weighted by atomic mass is 10.0. The van der Waals surface area contributed by atoms with Crippen LogP contribution < -0.4 is 0 Å². The van der Waals surface area contributed by atoms with Crippen LogP contribution in [0.15, 0.2) is 72.9 Å². The van der Waals surface area contributed by atoms with Crippen molar-refractivity contribution in [3.05, 3.63) is 72.9 Å². The van der Waals surface area contributed by atoms with Crippen molar-refractivity contribution in [2.75, 3.05) is 13.2 Å². The number of carbonyl (C=O) groups excluding carboxylic acids is 3. The van der Waals surface area contributed by atoms with Gasteiger partial charge in [-0.3, -0.25) is 14.4 Å². The Kier molecular flexibility index (Phi) is 46.0. The third kappa shape index (κ3) is 45.9. The van der Waals surface area contributed by atoms with E-state index in [2.05, 4.69) is 87.6 Å². The molecule has 0 fully saturated rings. The van der Waals surface area contributed by atoms with Crippen molar-refractivity contribution in [2.45, 2.75) is 239 Å². The number of hydrogen-bond donors (Lipinski definition) is 0. The third-order valence-corrected chi connectivity index (χ3v) is 10.5. The van der Waals surface area contributed by atoms with Crippen molar-refractivity contribution in [2.24, 2.45) is 0 Å². The summed E-state index contributed by atoms with van der Waals surface area (Å²) in [6, 6.07) is 0. The Morgan fingerprint density at radius 2 is 0.650 bits per heavy atom. The lowest BCUT2D eigenvalue weighted by Gasteiger charge is -2.18. The van der Waals surface area contributed by atoms with Gasteiger partial charge in [-0.1, -0.05) is 229 Å². The number of unbranched alkanes of at least 4 members (excludes halogenated alkanes) is 21. The van der Waals surface area contributed by atoms with Crippen LogP contribution in [-0.2, 0) is 28.6 Å². The standard InChI is InChI=1S/C54H92O6/c1-4-7-10-13-16-19-22-24-25-26-27-28-29-30-33-35-38-41-44-47-53(56)59-50-51(49-58-52(55)46-43-40-37-34-31-21-18-15-12-9-6-3)60-54(57)48-45-42-39-36-32-23-20-17-14-11-8-5-2/h7,10,16,19,24-25,27-28,30,33,38,41,51H,4-6,8-9,11-15,17-18,20-23,26,29,31-32,34-37,39-40,42-50H2,1-3H3/b10-7-,19-16-,25-24-,28-27-,33-30-,41-38-/t51-/m0/s1. The second kappa shape index (κ2) is 48.5. The molecule has 0 amide bonds. The van der Waals surface area contributed by atoms with Crippen LogP contribution in [0.1, 0.15) is 233 Å². The molecule has 0 saturated heterocycles. The average Bonchev–Trinajstić information content (AvgIpc) is 3.24. The first-order valence-corrected chi connectivity index (χ1v) is 24.9. The number of ether oxygens (including phenoxy) is 3. The van der Waals surface area contributed by atoms with Crippen molar-refractivity contribution in [1.82, 2.24) is 0 Å². The van der Waals surface area contributed by atoms with E-state index < -0.39 is 6.10 Å². The highest BCUT2D eigenvalue weighted by Crippen LogP contribution is 2.15. The van der Waals surface area contributed by atoms with Gasteiger partial charge in [0.1, 0.15) is 13.2 Å². The minimum absolute atomic E-state index is 0.0958. The first-order chi connectivity index (χ1) is 29.5. The van der Waals surface area contributed by atoms with Crippen LogP contribution in [0.25, 0.3) is 0 Å². The van der Waals surface area contributed by atoms with E-state index in [4.69, 9.17) is 14.2 Å². The van der Waals surface area contributed by atoms with Gasteiger partial charge in [-0.05, 0) is 57.8 Å². The van der Waals surface area contributed by atoms with Gasteiger partial charge in [0.15, 0.2) is 6.10 Å². The van der Waals surface area contributed by atoms with Gasteiger partial charge in [0.25, 0.3) is 0 Å². The zero-order valence-electron chi connectivity index (χ0n) is 39.2. The van der Waals surface area contributed by atoms with Gasteiger partial charge < -0.3 is 14.2 Å². The Hall–Kier alpha value is -3.15. The fraction of sp³-hybridized carbons (Fsp3) is 0.722. The molecule has 0 saturated carbocycles. The number of hydrogen-bond acceptors (Lipinski definition) is 6. The van der Waals surface area contributed by atoms with E-state index in [1.165, 1.54) is 109 Å². The first-order valence-electron chi connectivity index (χ1n) is 24.9. The van der Waals surface area contributed by atoms with Crippen molar-refractivity contribution < 1.29 is 28.6 Å². The normalized spacial score (nSPS) is 12.7. The van der Waals surface area contributed by atoms with E-state index in [0.717, 1.165) is 77.0 Å². The molecule has 0 aliphatic rings. The van der Waals surface area contributed by atoms with Crippen LogP contribution in [-0.4, -0.2) is 37.2 Å². The first kappa shape index (κ1) is 56.9. The number of esters is 3. The molecule has 0 aromatic carbocycles. The van der Waals surface area contributed by atoms with E-state index in [1.807, 2.05) is 6.08 Å². The molecule has 0 aromatic rings.